The van der Waals surface area contributed by atoms with Gasteiger partial charge in [0.2, 0.25) is 0 Å². The molecule has 3 heterocycles. The number of rotatable bonds is 9. The zero-order chi connectivity index (χ0) is 25.5. The maximum atomic E-state index is 13.7. The quantitative estimate of drug-likeness (QED) is 0.438. The highest BCUT2D eigenvalue weighted by molar-refractivity contribution is 5.94. The van der Waals surface area contributed by atoms with Gasteiger partial charge in [-0.25, -0.2) is 0 Å². The van der Waals surface area contributed by atoms with Crippen LogP contribution in [0.3, 0.4) is 0 Å². The van der Waals surface area contributed by atoms with E-state index >= 15 is 0 Å². The van der Waals surface area contributed by atoms with E-state index in [2.05, 4.69) is 9.88 Å². The highest BCUT2D eigenvalue weighted by atomic mass is 16.6. The molecule has 194 valence electrons. The molecule has 0 radical (unpaired) electrons. The standard InChI is InChI=1S/C29H33N3O5/c1-34-28-17-22(4-9-27(28)37-26-10-14-36-21-26)19-32(20-23-3-2-11-30-18-23)29(33)24-5-7-25(8-6-24)31-12-15-35-16-13-31/h2-9,11,17-18,26H,10,12-16,19-21H2,1H3/t26-/m0/s1. The van der Waals surface area contributed by atoms with E-state index in [4.69, 9.17) is 18.9 Å². The largest absolute Gasteiger partial charge is 0.493 e. The number of carbonyl (C=O) groups excluding carboxylic acids is 1. The summed E-state index contributed by atoms with van der Waals surface area (Å²) >= 11 is 0. The first kappa shape index (κ1) is 25.0. The molecule has 2 saturated heterocycles. The van der Waals surface area contributed by atoms with Crippen LogP contribution in [-0.2, 0) is 22.6 Å². The SMILES string of the molecule is COc1cc(CN(Cc2cccnc2)C(=O)c2ccc(N3CCOCC3)cc2)ccc1O[C@H]1CCOC1. The van der Waals surface area contributed by atoms with E-state index in [9.17, 15) is 4.79 Å². The van der Waals surface area contributed by atoms with E-state index in [1.54, 1.807) is 19.5 Å². The Morgan fingerprint density at radius 2 is 1.81 bits per heavy atom. The highest BCUT2D eigenvalue weighted by Crippen LogP contribution is 2.31. The molecule has 1 aromatic heterocycles. The predicted molar refractivity (Wildman–Crippen MR) is 140 cm³/mol. The zero-order valence-corrected chi connectivity index (χ0v) is 21.2. The second-order valence-electron chi connectivity index (χ2n) is 9.26. The first-order valence-corrected chi connectivity index (χ1v) is 12.7. The summed E-state index contributed by atoms with van der Waals surface area (Å²) in [7, 11) is 1.63. The molecule has 8 nitrogen and oxygen atoms in total. The van der Waals surface area contributed by atoms with Crippen LogP contribution in [0.2, 0.25) is 0 Å². The maximum Gasteiger partial charge on any atom is 0.254 e. The molecule has 0 bridgehead atoms. The number of benzene rings is 2. The first-order valence-electron chi connectivity index (χ1n) is 12.7. The van der Waals surface area contributed by atoms with Crippen LogP contribution in [0.1, 0.15) is 27.9 Å². The van der Waals surface area contributed by atoms with E-state index in [1.165, 1.54) is 0 Å². The summed E-state index contributed by atoms with van der Waals surface area (Å²) in [5, 5.41) is 0. The molecule has 2 aliphatic rings. The highest BCUT2D eigenvalue weighted by Gasteiger charge is 2.21. The molecule has 5 rings (SSSR count). The predicted octanol–water partition coefficient (Wildman–Crippen LogP) is 3.94. The van der Waals surface area contributed by atoms with Gasteiger partial charge in [0.25, 0.3) is 5.91 Å². The van der Waals surface area contributed by atoms with Gasteiger partial charge in [-0.2, -0.15) is 0 Å². The van der Waals surface area contributed by atoms with Crippen molar-refractivity contribution < 1.29 is 23.7 Å². The number of aromatic nitrogens is 1. The van der Waals surface area contributed by atoms with Crippen molar-refractivity contribution >= 4 is 11.6 Å². The summed E-state index contributed by atoms with van der Waals surface area (Å²) in [6.45, 7) is 5.32. The summed E-state index contributed by atoms with van der Waals surface area (Å²) in [5.41, 5.74) is 3.67. The smallest absolute Gasteiger partial charge is 0.254 e. The Labute approximate surface area is 217 Å². The summed E-state index contributed by atoms with van der Waals surface area (Å²) in [6.07, 6.45) is 4.42. The molecule has 1 atom stereocenters. The molecule has 1 amide bonds. The number of anilines is 1. The number of methoxy groups -OCH3 is 1. The fourth-order valence-electron chi connectivity index (χ4n) is 4.64. The van der Waals surface area contributed by atoms with Crippen LogP contribution < -0.4 is 14.4 Å². The van der Waals surface area contributed by atoms with Crippen molar-refractivity contribution in [1.29, 1.82) is 0 Å². The van der Waals surface area contributed by atoms with Crippen LogP contribution in [0.4, 0.5) is 5.69 Å². The van der Waals surface area contributed by atoms with Gasteiger partial charge in [-0.1, -0.05) is 12.1 Å². The van der Waals surface area contributed by atoms with E-state index in [-0.39, 0.29) is 12.0 Å². The molecule has 2 aromatic carbocycles. The van der Waals surface area contributed by atoms with Gasteiger partial charge in [-0.15, -0.1) is 0 Å². The van der Waals surface area contributed by atoms with Gasteiger partial charge in [0.05, 0.1) is 33.5 Å². The Kier molecular flexibility index (Phi) is 8.18. The molecule has 0 unspecified atom stereocenters. The van der Waals surface area contributed by atoms with Crippen molar-refractivity contribution in [2.75, 3.05) is 51.5 Å². The Balaban J connectivity index is 1.35. The molecule has 37 heavy (non-hydrogen) atoms. The number of hydrogen-bond donors (Lipinski definition) is 0. The fourth-order valence-corrected chi connectivity index (χ4v) is 4.64. The summed E-state index contributed by atoms with van der Waals surface area (Å²) < 4.78 is 22.6. The molecule has 2 aliphatic heterocycles. The van der Waals surface area contributed by atoms with Gasteiger partial charge < -0.3 is 28.7 Å². The van der Waals surface area contributed by atoms with Gasteiger partial charge in [0.15, 0.2) is 11.5 Å². The summed E-state index contributed by atoms with van der Waals surface area (Å²) in [5.74, 6) is 1.29. The Morgan fingerprint density at radius 3 is 2.51 bits per heavy atom. The van der Waals surface area contributed by atoms with Gasteiger partial charge >= 0.3 is 0 Å². The lowest BCUT2D eigenvalue weighted by molar-refractivity contribution is 0.0729. The van der Waals surface area contributed by atoms with E-state index in [0.717, 1.165) is 49.5 Å². The van der Waals surface area contributed by atoms with E-state index in [0.29, 0.717) is 43.4 Å². The van der Waals surface area contributed by atoms with Crippen molar-refractivity contribution in [3.8, 4) is 11.5 Å². The molecule has 0 spiro atoms. The van der Waals surface area contributed by atoms with Gasteiger partial charge in [-0.05, 0) is 53.6 Å². The lowest BCUT2D eigenvalue weighted by Crippen LogP contribution is -2.36. The van der Waals surface area contributed by atoms with Gasteiger partial charge in [0.1, 0.15) is 6.10 Å². The number of pyridine rings is 1. The Hall–Kier alpha value is -3.62. The van der Waals surface area contributed by atoms with Crippen molar-refractivity contribution in [2.24, 2.45) is 0 Å². The van der Waals surface area contributed by atoms with Crippen molar-refractivity contribution in [3.05, 3.63) is 83.7 Å². The lowest BCUT2D eigenvalue weighted by Gasteiger charge is -2.29. The second kappa shape index (κ2) is 12.1. The average molecular weight is 504 g/mol. The minimum absolute atomic E-state index is 0.0313. The van der Waals surface area contributed by atoms with Crippen LogP contribution in [0.15, 0.2) is 67.0 Å². The number of nitrogens with zero attached hydrogens (tertiary/aromatic N) is 3. The van der Waals surface area contributed by atoms with Crippen LogP contribution in [-0.4, -0.2) is 68.5 Å². The Bertz CT molecular complexity index is 1160. The third-order valence-electron chi connectivity index (χ3n) is 6.66. The number of amides is 1. The van der Waals surface area contributed by atoms with Gasteiger partial charge in [-0.3, -0.25) is 9.78 Å². The van der Waals surface area contributed by atoms with E-state index < -0.39 is 0 Å². The number of carbonyl (C=O) groups is 1. The summed E-state index contributed by atoms with van der Waals surface area (Å²) in [6, 6.07) is 17.6. The second-order valence-corrected chi connectivity index (χ2v) is 9.26. The lowest BCUT2D eigenvalue weighted by atomic mass is 10.1. The first-order chi connectivity index (χ1) is 18.2. The molecule has 8 heteroatoms. The third kappa shape index (κ3) is 6.39. The summed E-state index contributed by atoms with van der Waals surface area (Å²) in [4.78, 5) is 22.0. The molecular weight excluding hydrogens is 470 g/mol. The molecule has 0 saturated carbocycles. The maximum absolute atomic E-state index is 13.7. The average Bonchev–Trinajstić information content (AvgIpc) is 3.47. The third-order valence-corrected chi connectivity index (χ3v) is 6.66. The van der Waals surface area contributed by atoms with Crippen molar-refractivity contribution in [3.63, 3.8) is 0 Å². The topological polar surface area (TPSA) is 73.4 Å². The Morgan fingerprint density at radius 1 is 1.00 bits per heavy atom. The number of morpholine rings is 1. The minimum atomic E-state index is -0.0419. The molecule has 2 fully saturated rings. The van der Waals surface area contributed by atoms with Crippen molar-refractivity contribution in [2.45, 2.75) is 25.6 Å². The molecule has 0 N–H and O–H groups in total. The van der Waals surface area contributed by atoms with Crippen LogP contribution in [0, 0.1) is 0 Å². The van der Waals surface area contributed by atoms with Crippen LogP contribution in [0.25, 0.3) is 0 Å². The van der Waals surface area contributed by atoms with E-state index in [1.807, 2.05) is 59.5 Å². The van der Waals surface area contributed by atoms with Crippen LogP contribution in [0.5, 0.6) is 11.5 Å². The molecule has 0 aliphatic carbocycles. The fraction of sp³-hybridized carbons (Fsp3) is 0.379. The van der Waals surface area contributed by atoms with Crippen molar-refractivity contribution in [1.82, 2.24) is 9.88 Å². The minimum Gasteiger partial charge on any atom is -0.493 e. The number of ether oxygens (including phenoxy) is 4. The normalized spacial score (nSPS) is 17.4. The monoisotopic (exact) mass is 503 g/mol. The van der Waals surface area contributed by atoms with Crippen LogP contribution >= 0.6 is 0 Å². The molecular formula is C29H33N3O5. The molecule has 3 aromatic rings. The number of hydrogen-bond acceptors (Lipinski definition) is 7. The van der Waals surface area contributed by atoms with Gasteiger partial charge in [0, 0.05) is 56.2 Å². The zero-order valence-electron chi connectivity index (χ0n) is 21.2.